The Kier molecular flexibility index (Phi) is 4.92. The van der Waals surface area contributed by atoms with E-state index in [-0.39, 0.29) is 17.6 Å². The fourth-order valence-electron chi connectivity index (χ4n) is 1.57. The van der Waals surface area contributed by atoms with Crippen molar-refractivity contribution in [3.8, 4) is 0 Å². The molecule has 0 spiro atoms. The maximum absolute atomic E-state index is 12.7. The van der Waals surface area contributed by atoms with Gasteiger partial charge in [0.1, 0.15) is 5.82 Å². The van der Waals surface area contributed by atoms with Crippen molar-refractivity contribution in [2.75, 3.05) is 13.1 Å². The zero-order valence-electron chi connectivity index (χ0n) is 9.37. The average molecular weight is 224 g/mol. The molecule has 1 atom stereocenters. The Labute approximate surface area is 94.8 Å². The molecule has 3 nitrogen and oxygen atoms in total. The molecule has 0 saturated heterocycles. The van der Waals surface area contributed by atoms with Crippen LogP contribution in [-0.2, 0) is 4.79 Å². The number of halogens is 1. The van der Waals surface area contributed by atoms with Gasteiger partial charge in [-0.1, -0.05) is 12.1 Å². The van der Waals surface area contributed by atoms with Gasteiger partial charge in [-0.2, -0.15) is 0 Å². The minimum absolute atomic E-state index is 0.0257. The summed E-state index contributed by atoms with van der Waals surface area (Å²) in [6, 6.07) is 6.11. The van der Waals surface area contributed by atoms with Crippen LogP contribution in [0.4, 0.5) is 4.39 Å². The van der Waals surface area contributed by atoms with Gasteiger partial charge in [0.25, 0.3) is 0 Å². The first kappa shape index (κ1) is 12.6. The van der Waals surface area contributed by atoms with Crippen molar-refractivity contribution in [2.45, 2.75) is 19.3 Å². The molecule has 1 unspecified atom stereocenters. The maximum atomic E-state index is 12.7. The predicted octanol–water partition coefficient (Wildman–Crippen LogP) is 1.39. The van der Waals surface area contributed by atoms with Gasteiger partial charge in [0.05, 0.1) is 0 Å². The van der Waals surface area contributed by atoms with Crippen LogP contribution in [0, 0.1) is 5.82 Å². The number of rotatable bonds is 5. The molecule has 0 aromatic heterocycles. The maximum Gasteiger partial charge on any atom is 0.220 e. The highest BCUT2D eigenvalue weighted by Crippen LogP contribution is 2.18. The van der Waals surface area contributed by atoms with Crippen LogP contribution in [0.25, 0.3) is 0 Å². The number of benzene rings is 1. The van der Waals surface area contributed by atoms with Gasteiger partial charge in [-0.15, -0.1) is 0 Å². The summed E-state index contributed by atoms with van der Waals surface area (Å²) >= 11 is 0. The molecule has 0 fully saturated rings. The van der Waals surface area contributed by atoms with Gasteiger partial charge in [-0.3, -0.25) is 4.79 Å². The molecule has 0 heterocycles. The zero-order chi connectivity index (χ0) is 12.0. The summed E-state index contributed by atoms with van der Waals surface area (Å²) in [4.78, 5) is 11.4. The van der Waals surface area contributed by atoms with Crippen molar-refractivity contribution in [2.24, 2.45) is 5.73 Å². The van der Waals surface area contributed by atoms with E-state index in [2.05, 4.69) is 5.32 Å². The van der Waals surface area contributed by atoms with Crippen LogP contribution >= 0.6 is 0 Å². The number of carbonyl (C=O) groups excluding carboxylic acids is 1. The van der Waals surface area contributed by atoms with Crippen LogP contribution < -0.4 is 11.1 Å². The lowest BCUT2D eigenvalue weighted by Crippen LogP contribution is -2.27. The molecule has 0 aliphatic heterocycles. The third kappa shape index (κ3) is 3.62. The number of carbonyl (C=O) groups is 1. The lowest BCUT2D eigenvalue weighted by atomic mass is 9.95. The Balaban J connectivity index is 2.67. The summed E-state index contributed by atoms with van der Waals surface area (Å²) in [5.41, 5.74) is 6.51. The van der Waals surface area contributed by atoms with Crippen molar-refractivity contribution >= 4 is 5.91 Å². The summed E-state index contributed by atoms with van der Waals surface area (Å²) in [5, 5.41) is 2.72. The molecule has 16 heavy (non-hydrogen) atoms. The van der Waals surface area contributed by atoms with E-state index in [1.807, 2.05) is 6.92 Å². The van der Waals surface area contributed by atoms with Crippen molar-refractivity contribution in [3.63, 3.8) is 0 Å². The molecule has 1 amide bonds. The van der Waals surface area contributed by atoms with E-state index in [0.29, 0.717) is 19.5 Å². The molecule has 1 aromatic rings. The van der Waals surface area contributed by atoms with Gasteiger partial charge >= 0.3 is 0 Å². The van der Waals surface area contributed by atoms with E-state index in [4.69, 9.17) is 5.73 Å². The van der Waals surface area contributed by atoms with E-state index < -0.39 is 0 Å². The molecule has 0 aliphatic rings. The first-order valence-corrected chi connectivity index (χ1v) is 5.39. The Hall–Kier alpha value is -1.42. The molecule has 4 heteroatoms. The van der Waals surface area contributed by atoms with Crippen molar-refractivity contribution in [1.29, 1.82) is 0 Å². The topological polar surface area (TPSA) is 55.1 Å². The van der Waals surface area contributed by atoms with E-state index >= 15 is 0 Å². The predicted molar refractivity (Wildman–Crippen MR) is 61.5 cm³/mol. The summed E-state index contributed by atoms with van der Waals surface area (Å²) < 4.78 is 12.7. The number of amides is 1. The van der Waals surface area contributed by atoms with E-state index in [9.17, 15) is 9.18 Å². The highest BCUT2D eigenvalue weighted by atomic mass is 19.1. The number of hydrogen-bond donors (Lipinski definition) is 2. The molecule has 0 saturated carbocycles. The zero-order valence-corrected chi connectivity index (χ0v) is 9.37. The third-order valence-electron chi connectivity index (χ3n) is 2.43. The second-order valence-electron chi connectivity index (χ2n) is 3.64. The van der Waals surface area contributed by atoms with Crippen LogP contribution in [-0.4, -0.2) is 19.0 Å². The molecular formula is C12H17FN2O. The number of nitrogens with one attached hydrogen (secondary N) is 1. The van der Waals surface area contributed by atoms with Gasteiger partial charge in [0, 0.05) is 18.9 Å². The summed E-state index contributed by atoms with van der Waals surface area (Å²) in [5.74, 6) is -0.355. The molecule has 3 N–H and O–H groups in total. The van der Waals surface area contributed by atoms with Gasteiger partial charge < -0.3 is 11.1 Å². The molecule has 0 radical (unpaired) electrons. The van der Waals surface area contributed by atoms with Gasteiger partial charge in [0.15, 0.2) is 0 Å². The monoisotopic (exact) mass is 224 g/mol. The minimum Gasteiger partial charge on any atom is -0.356 e. The Morgan fingerprint density at radius 1 is 1.44 bits per heavy atom. The molecule has 1 rings (SSSR count). The molecule has 0 bridgehead atoms. The minimum atomic E-state index is -0.280. The highest BCUT2D eigenvalue weighted by molar-refractivity contribution is 5.76. The van der Waals surface area contributed by atoms with E-state index in [0.717, 1.165) is 5.56 Å². The first-order valence-electron chi connectivity index (χ1n) is 5.39. The standard InChI is InChI=1S/C12H17FN2O/c1-2-15-12(16)7-10(8-14)9-3-5-11(13)6-4-9/h3-6,10H,2,7-8,14H2,1H3,(H,15,16). The largest absolute Gasteiger partial charge is 0.356 e. The second kappa shape index (κ2) is 6.23. The highest BCUT2D eigenvalue weighted by Gasteiger charge is 2.13. The molecular weight excluding hydrogens is 207 g/mol. The SMILES string of the molecule is CCNC(=O)CC(CN)c1ccc(F)cc1. The summed E-state index contributed by atoms with van der Waals surface area (Å²) in [6.07, 6.45) is 0.343. The third-order valence-corrected chi connectivity index (χ3v) is 2.43. The molecule has 0 aliphatic carbocycles. The van der Waals surface area contributed by atoms with Crippen LogP contribution in [0.1, 0.15) is 24.8 Å². The van der Waals surface area contributed by atoms with Crippen LogP contribution in [0.2, 0.25) is 0 Å². The van der Waals surface area contributed by atoms with Crippen LogP contribution in [0.15, 0.2) is 24.3 Å². The van der Waals surface area contributed by atoms with Gasteiger partial charge in [-0.25, -0.2) is 4.39 Å². The van der Waals surface area contributed by atoms with Crippen molar-refractivity contribution in [1.82, 2.24) is 5.32 Å². The lowest BCUT2D eigenvalue weighted by Gasteiger charge is -2.14. The summed E-state index contributed by atoms with van der Waals surface area (Å²) in [7, 11) is 0. The number of hydrogen-bond acceptors (Lipinski definition) is 2. The fraction of sp³-hybridized carbons (Fsp3) is 0.417. The fourth-order valence-corrected chi connectivity index (χ4v) is 1.57. The van der Waals surface area contributed by atoms with Crippen molar-refractivity contribution < 1.29 is 9.18 Å². The summed E-state index contributed by atoms with van der Waals surface area (Å²) in [6.45, 7) is 2.86. The quantitative estimate of drug-likeness (QED) is 0.794. The van der Waals surface area contributed by atoms with E-state index in [1.165, 1.54) is 12.1 Å². The smallest absolute Gasteiger partial charge is 0.220 e. The van der Waals surface area contributed by atoms with Gasteiger partial charge in [-0.05, 0) is 31.2 Å². The Morgan fingerprint density at radius 3 is 2.56 bits per heavy atom. The molecule has 88 valence electrons. The Bertz CT molecular complexity index is 337. The van der Waals surface area contributed by atoms with Crippen LogP contribution in [0.3, 0.4) is 0 Å². The first-order chi connectivity index (χ1) is 7.67. The second-order valence-corrected chi connectivity index (χ2v) is 3.64. The Morgan fingerprint density at radius 2 is 2.06 bits per heavy atom. The van der Waals surface area contributed by atoms with E-state index in [1.54, 1.807) is 12.1 Å². The normalized spacial score (nSPS) is 12.2. The molecule has 1 aromatic carbocycles. The average Bonchev–Trinajstić information content (AvgIpc) is 2.27. The van der Waals surface area contributed by atoms with Crippen LogP contribution in [0.5, 0.6) is 0 Å². The lowest BCUT2D eigenvalue weighted by molar-refractivity contribution is -0.121. The van der Waals surface area contributed by atoms with Crippen molar-refractivity contribution in [3.05, 3.63) is 35.6 Å². The number of nitrogens with two attached hydrogens (primary N) is 1. The van der Waals surface area contributed by atoms with Gasteiger partial charge in [0.2, 0.25) is 5.91 Å².